The summed E-state index contributed by atoms with van der Waals surface area (Å²) in [6.07, 6.45) is 0.0723. The van der Waals surface area contributed by atoms with E-state index in [0.29, 0.717) is 23.4 Å². The Labute approximate surface area is 159 Å². The average Bonchev–Trinajstić information content (AvgIpc) is 3.04. The number of aromatic amines is 1. The maximum absolute atomic E-state index is 12.5. The summed E-state index contributed by atoms with van der Waals surface area (Å²) >= 11 is 0. The van der Waals surface area contributed by atoms with E-state index < -0.39 is 11.2 Å². The largest absolute Gasteiger partial charge is 0.328 e. The number of carbonyl (C=O) groups excluding carboxylic acids is 1. The number of imidazole rings is 1. The first-order chi connectivity index (χ1) is 13.6. The topological polar surface area (TPSA) is 102 Å². The minimum Gasteiger partial charge on any atom is -0.310 e. The molecule has 0 atom stereocenters. The van der Waals surface area contributed by atoms with E-state index >= 15 is 0 Å². The van der Waals surface area contributed by atoms with E-state index in [1.54, 1.807) is 24.3 Å². The fraction of sp³-hybridized carbons (Fsp3) is 0.200. The first-order valence-corrected chi connectivity index (χ1v) is 9.05. The van der Waals surface area contributed by atoms with Crippen molar-refractivity contribution in [2.45, 2.75) is 26.4 Å². The summed E-state index contributed by atoms with van der Waals surface area (Å²) < 4.78 is 3.33. The van der Waals surface area contributed by atoms with Gasteiger partial charge in [0.1, 0.15) is 0 Å². The summed E-state index contributed by atoms with van der Waals surface area (Å²) in [6, 6.07) is 14.5. The molecule has 0 saturated heterocycles. The van der Waals surface area contributed by atoms with Crippen molar-refractivity contribution in [1.82, 2.24) is 19.1 Å². The first-order valence-electron chi connectivity index (χ1n) is 9.05. The zero-order chi connectivity index (χ0) is 19.7. The molecule has 0 spiro atoms. The predicted octanol–water partition coefficient (Wildman–Crippen LogP) is 2.09. The Hall–Kier alpha value is -3.68. The van der Waals surface area contributed by atoms with Crippen LogP contribution in [0.25, 0.3) is 21.9 Å². The molecule has 0 radical (unpaired) electrons. The Bertz CT molecular complexity index is 1300. The zero-order valence-electron chi connectivity index (χ0n) is 15.3. The lowest BCUT2D eigenvalue weighted by molar-refractivity contribution is -0.116. The molecule has 2 aromatic heterocycles. The van der Waals surface area contributed by atoms with Crippen molar-refractivity contribution in [3.63, 3.8) is 0 Å². The highest BCUT2D eigenvalue weighted by atomic mass is 16.2. The summed E-state index contributed by atoms with van der Waals surface area (Å²) in [5, 5.41) is 3.24. The first kappa shape index (κ1) is 17.7. The highest BCUT2D eigenvalue weighted by Crippen LogP contribution is 2.19. The van der Waals surface area contributed by atoms with Crippen LogP contribution in [0, 0.1) is 0 Å². The SMILES string of the molecule is CCn1c(NC(=O)CCn2c(=O)[nH]c(=O)c3ccccc32)nc2ccccc21. The van der Waals surface area contributed by atoms with E-state index in [9.17, 15) is 14.4 Å². The molecule has 0 saturated carbocycles. The second-order valence-electron chi connectivity index (χ2n) is 6.39. The average molecular weight is 377 g/mol. The van der Waals surface area contributed by atoms with Gasteiger partial charge in [-0.15, -0.1) is 0 Å². The van der Waals surface area contributed by atoms with Crippen LogP contribution in [-0.2, 0) is 17.9 Å². The fourth-order valence-electron chi connectivity index (χ4n) is 3.36. The third-order valence-electron chi connectivity index (χ3n) is 4.69. The van der Waals surface area contributed by atoms with Gasteiger partial charge in [0.15, 0.2) is 0 Å². The lowest BCUT2D eigenvalue weighted by atomic mass is 10.2. The molecule has 0 fully saturated rings. The van der Waals surface area contributed by atoms with Crippen LogP contribution < -0.4 is 16.6 Å². The van der Waals surface area contributed by atoms with Crippen LogP contribution in [0.2, 0.25) is 0 Å². The van der Waals surface area contributed by atoms with Gasteiger partial charge in [-0.2, -0.15) is 0 Å². The number of amides is 1. The molecule has 4 aromatic rings. The molecule has 1 amide bonds. The van der Waals surface area contributed by atoms with Gasteiger partial charge in [-0.3, -0.25) is 24.5 Å². The van der Waals surface area contributed by atoms with Crippen LogP contribution in [0.15, 0.2) is 58.1 Å². The number of nitrogens with one attached hydrogen (secondary N) is 2. The quantitative estimate of drug-likeness (QED) is 0.556. The highest BCUT2D eigenvalue weighted by molar-refractivity contribution is 5.91. The number of benzene rings is 2. The molecular formula is C20H19N5O3. The van der Waals surface area contributed by atoms with Gasteiger partial charge in [0.25, 0.3) is 5.56 Å². The van der Waals surface area contributed by atoms with Crippen LogP contribution in [0.1, 0.15) is 13.3 Å². The molecular weight excluding hydrogens is 358 g/mol. The molecule has 0 aliphatic carbocycles. The zero-order valence-corrected chi connectivity index (χ0v) is 15.3. The van der Waals surface area contributed by atoms with Crippen molar-refractivity contribution in [3.8, 4) is 0 Å². The number of hydrogen-bond acceptors (Lipinski definition) is 4. The van der Waals surface area contributed by atoms with E-state index in [-0.39, 0.29) is 18.9 Å². The summed E-state index contributed by atoms with van der Waals surface area (Å²) in [6.45, 7) is 2.80. The summed E-state index contributed by atoms with van der Waals surface area (Å²) in [5.41, 5.74) is 1.30. The maximum atomic E-state index is 12.5. The molecule has 142 valence electrons. The number of fused-ring (bicyclic) bond motifs is 2. The van der Waals surface area contributed by atoms with Gasteiger partial charge in [-0.05, 0) is 31.2 Å². The lowest BCUT2D eigenvalue weighted by Gasteiger charge is -2.10. The number of aromatic nitrogens is 4. The van der Waals surface area contributed by atoms with Crippen LogP contribution in [0.4, 0.5) is 5.95 Å². The molecule has 4 rings (SSSR count). The number of H-pyrrole nitrogens is 1. The minimum atomic E-state index is -0.530. The van der Waals surface area contributed by atoms with E-state index in [1.165, 1.54) is 4.57 Å². The van der Waals surface area contributed by atoms with Crippen LogP contribution in [0.3, 0.4) is 0 Å². The van der Waals surface area contributed by atoms with Gasteiger partial charge in [0.2, 0.25) is 11.9 Å². The number of nitrogens with zero attached hydrogens (tertiary/aromatic N) is 3. The number of hydrogen-bond donors (Lipinski definition) is 2. The van der Waals surface area contributed by atoms with Gasteiger partial charge >= 0.3 is 5.69 Å². The number of para-hydroxylation sites is 3. The standard InChI is InChI=1S/C20H19N5O3/c1-2-24-16-10-6-4-8-14(16)21-19(24)22-17(26)11-12-25-15-9-5-3-7-13(15)18(27)23-20(25)28/h3-10H,2,11-12H2,1H3,(H,21,22,26)(H,23,27,28). The van der Waals surface area contributed by atoms with E-state index in [2.05, 4.69) is 15.3 Å². The second-order valence-corrected chi connectivity index (χ2v) is 6.39. The van der Waals surface area contributed by atoms with E-state index in [0.717, 1.165) is 11.0 Å². The smallest absolute Gasteiger partial charge is 0.310 e. The Morgan fingerprint density at radius 2 is 1.75 bits per heavy atom. The van der Waals surface area contributed by atoms with Crippen molar-refractivity contribution in [3.05, 3.63) is 69.4 Å². The Morgan fingerprint density at radius 3 is 2.54 bits per heavy atom. The molecule has 28 heavy (non-hydrogen) atoms. The Kier molecular flexibility index (Phi) is 4.52. The number of aryl methyl sites for hydroxylation is 2. The van der Waals surface area contributed by atoms with Gasteiger partial charge in [-0.25, -0.2) is 9.78 Å². The van der Waals surface area contributed by atoms with E-state index in [4.69, 9.17) is 0 Å². The molecule has 0 aliphatic heterocycles. The van der Waals surface area contributed by atoms with Crippen molar-refractivity contribution in [1.29, 1.82) is 0 Å². The predicted molar refractivity (Wildman–Crippen MR) is 107 cm³/mol. The Morgan fingerprint density at radius 1 is 1.04 bits per heavy atom. The summed E-state index contributed by atoms with van der Waals surface area (Å²) in [4.78, 5) is 43.4. The van der Waals surface area contributed by atoms with Crippen LogP contribution >= 0.6 is 0 Å². The van der Waals surface area contributed by atoms with Crippen LogP contribution in [-0.4, -0.2) is 25.0 Å². The monoisotopic (exact) mass is 377 g/mol. The molecule has 0 bridgehead atoms. The molecule has 8 nitrogen and oxygen atoms in total. The molecule has 2 N–H and O–H groups in total. The molecule has 2 aromatic carbocycles. The molecule has 8 heteroatoms. The second kappa shape index (κ2) is 7.15. The third-order valence-corrected chi connectivity index (χ3v) is 4.69. The number of anilines is 1. The number of rotatable bonds is 5. The fourth-order valence-corrected chi connectivity index (χ4v) is 3.36. The van der Waals surface area contributed by atoms with Crippen molar-refractivity contribution >= 4 is 33.8 Å². The summed E-state index contributed by atoms with van der Waals surface area (Å²) in [5.74, 6) is 0.222. The van der Waals surface area contributed by atoms with Gasteiger partial charge in [0.05, 0.1) is 21.9 Å². The number of carbonyl (C=O) groups is 1. The van der Waals surface area contributed by atoms with Crippen molar-refractivity contribution < 1.29 is 4.79 Å². The van der Waals surface area contributed by atoms with Crippen molar-refractivity contribution in [2.24, 2.45) is 0 Å². The molecule has 0 unspecified atom stereocenters. The van der Waals surface area contributed by atoms with Crippen molar-refractivity contribution in [2.75, 3.05) is 5.32 Å². The lowest BCUT2D eigenvalue weighted by Crippen LogP contribution is -2.31. The van der Waals surface area contributed by atoms with Gasteiger partial charge < -0.3 is 4.57 Å². The maximum Gasteiger partial charge on any atom is 0.328 e. The summed E-state index contributed by atoms with van der Waals surface area (Å²) in [7, 11) is 0. The Balaban J connectivity index is 1.57. The van der Waals surface area contributed by atoms with Gasteiger partial charge in [-0.1, -0.05) is 24.3 Å². The highest BCUT2D eigenvalue weighted by Gasteiger charge is 2.13. The normalized spacial score (nSPS) is 11.2. The molecule has 2 heterocycles. The molecule has 0 aliphatic rings. The van der Waals surface area contributed by atoms with Crippen LogP contribution in [0.5, 0.6) is 0 Å². The van der Waals surface area contributed by atoms with Gasteiger partial charge in [0, 0.05) is 19.5 Å². The third kappa shape index (κ3) is 3.09. The minimum absolute atomic E-state index is 0.0723. The van der Waals surface area contributed by atoms with E-state index in [1.807, 2.05) is 35.8 Å².